The Hall–Kier alpha value is -0.980. The van der Waals surface area contributed by atoms with Gasteiger partial charge in [0.1, 0.15) is 12.7 Å². The molecular weight excluding hydrogens is 375 g/mol. The van der Waals surface area contributed by atoms with E-state index in [-0.39, 0.29) is 31.4 Å². The highest BCUT2D eigenvalue weighted by Gasteiger charge is 2.18. The van der Waals surface area contributed by atoms with Gasteiger partial charge in [0.05, 0.1) is 7.11 Å². The summed E-state index contributed by atoms with van der Waals surface area (Å²) in [5.41, 5.74) is 1.13. The molecule has 1 aromatic rings. The summed E-state index contributed by atoms with van der Waals surface area (Å²) >= 11 is 0. The lowest BCUT2D eigenvalue weighted by Crippen LogP contribution is -2.49. The zero-order chi connectivity index (χ0) is 17.4. The van der Waals surface area contributed by atoms with E-state index < -0.39 is 6.10 Å². The van der Waals surface area contributed by atoms with Crippen molar-refractivity contribution in [1.82, 2.24) is 9.80 Å². The van der Waals surface area contributed by atoms with Crippen LogP contribution < -0.4 is 9.47 Å². The fraction of sp³-hybridized carbons (Fsp3) is 0.579. The fourth-order valence-electron chi connectivity index (χ4n) is 2.95. The van der Waals surface area contributed by atoms with Gasteiger partial charge in [-0.25, -0.2) is 0 Å². The number of methoxy groups -OCH3 is 1. The van der Waals surface area contributed by atoms with E-state index in [0.29, 0.717) is 18.0 Å². The summed E-state index contributed by atoms with van der Waals surface area (Å²) in [6.45, 7) is 12.1. The molecule has 1 aliphatic heterocycles. The molecule has 1 N–H and O–H groups in total. The Labute approximate surface area is 169 Å². The normalized spacial score (nSPS) is 16.1. The van der Waals surface area contributed by atoms with Gasteiger partial charge in [-0.05, 0) is 30.7 Å². The largest absolute Gasteiger partial charge is 0.493 e. The second kappa shape index (κ2) is 13.2. The average molecular weight is 407 g/mol. The molecule has 150 valence electrons. The average Bonchev–Trinajstić information content (AvgIpc) is 2.61. The summed E-state index contributed by atoms with van der Waals surface area (Å²) in [7, 11) is 1.63. The summed E-state index contributed by atoms with van der Waals surface area (Å²) < 4.78 is 11.2. The van der Waals surface area contributed by atoms with E-state index in [9.17, 15) is 5.11 Å². The van der Waals surface area contributed by atoms with Crippen LogP contribution in [0.3, 0.4) is 0 Å². The van der Waals surface area contributed by atoms with Gasteiger partial charge < -0.3 is 19.5 Å². The van der Waals surface area contributed by atoms with Crippen molar-refractivity contribution in [2.75, 3.05) is 53.0 Å². The van der Waals surface area contributed by atoms with Gasteiger partial charge in [0.25, 0.3) is 0 Å². The number of allylic oxidation sites excluding steroid dienone is 1. The Kier molecular flexibility index (Phi) is 12.7. The van der Waals surface area contributed by atoms with Crippen LogP contribution in [0.5, 0.6) is 11.5 Å². The third kappa shape index (κ3) is 7.72. The maximum Gasteiger partial charge on any atom is 0.161 e. The Balaban J connectivity index is 0.00000312. The van der Waals surface area contributed by atoms with E-state index in [2.05, 4.69) is 23.3 Å². The molecule has 1 fully saturated rings. The number of likely N-dealkylation sites (N-methyl/N-ethyl adjacent to an activating group) is 1. The Morgan fingerprint density at radius 3 is 2.38 bits per heavy atom. The Morgan fingerprint density at radius 1 is 1.15 bits per heavy atom. The van der Waals surface area contributed by atoms with Gasteiger partial charge in [-0.1, -0.05) is 19.1 Å². The highest BCUT2D eigenvalue weighted by Crippen LogP contribution is 2.28. The fourth-order valence-corrected chi connectivity index (χ4v) is 2.95. The molecule has 7 heteroatoms. The predicted molar refractivity (Wildman–Crippen MR) is 111 cm³/mol. The smallest absolute Gasteiger partial charge is 0.161 e. The first-order chi connectivity index (χ1) is 11.7. The van der Waals surface area contributed by atoms with Crippen LogP contribution in [-0.4, -0.2) is 74.0 Å². The van der Waals surface area contributed by atoms with E-state index in [1.54, 1.807) is 7.11 Å². The number of hydrogen-bond donors (Lipinski definition) is 1. The van der Waals surface area contributed by atoms with E-state index in [4.69, 9.17) is 9.47 Å². The molecule has 0 saturated carbocycles. The van der Waals surface area contributed by atoms with Crippen molar-refractivity contribution in [3.8, 4) is 11.5 Å². The lowest BCUT2D eigenvalue weighted by atomic mass is 10.1. The molecule has 0 bridgehead atoms. The van der Waals surface area contributed by atoms with Crippen molar-refractivity contribution in [2.24, 2.45) is 0 Å². The van der Waals surface area contributed by atoms with Gasteiger partial charge in [-0.3, -0.25) is 4.90 Å². The summed E-state index contributed by atoms with van der Waals surface area (Å²) in [6.07, 6.45) is 2.15. The van der Waals surface area contributed by atoms with Crippen LogP contribution in [0.15, 0.2) is 30.9 Å². The van der Waals surface area contributed by atoms with Crippen LogP contribution in [0.4, 0.5) is 0 Å². The topological polar surface area (TPSA) is 45.2 Å². The minimum atomic E-state index is -0.504. The number of halogens is 2. The number of ether oxygens (including phenoxy) is 2. The molecule has 1 aliphatic rings. The second-order valence-corrected chi connectivity index (χ2v) is 6.18. The predicted octanol–water partition coefficient (Wildman–Crippen LogP) is 2.64. The first-order valence-electron chi connectivity index (χ1n) is 8.69. The Bertz CT molecular complexity index is 524. The van der Waals surface area contributed by atoms with Crippen LogP contribution >= 0.6 is 24.8 Å². The quantitative estimate of drug-likeness (QED) is 0.638. The van der Waals surface area contributed by atoms with Gasteiger partial charge in [-0.15, -0.1) is 31.4 Å². The number of piperazine rings is 1. The number of benzene rings is 1. The third-order valence-corrected chi connectivity index (χ3v) is 4.42. The van der Waals surface area contributed by atoms with Crippen LogP contribution in [0.25, 0.3) is 0 Å². The van der Waals surface area contributed by atoms with Crippen LogP contribution in [0, 0.1) is 0 Å². The molecule has 0 radical (unpaired) electrons. The van der Waals surface area contributed by atoms with E-state index in [1.165, 1.54) is 0 Å². The molecule has 1 aromatic carbocycles. The lowest BCUT2D eigenvalue weighted by Gasteiger charge is -2.34. The van der Waals surface area contributed by atoms with Crippen molar-refractivity contribution in [2.45, 2.75) is 19.4 Å². The van der Waals surface area contributed by atoms with Gasteiger partial charge >= 0.3 is 0 Å². The van der Waals surface area contributed by atoms with E-state index >= 15 is 0 Å². The zero-order valence-corrected chi connectivity index (χ0v) is 17.4. The monoisotopic (exact) mass is 406 g/mol. The molecule has 0 aliphatic carbocycles. The minimum Gasteiger partial charge on any atom is -0.493 e. The van der Waals surface area contributed by atoms with Crippen molar-refractivity contribution in [1.29, 1.82) is 0 Å². The first-order valence-corrected chi connectivity index (χ1v) is 8.69. The number of aliphatic hydroxyl groups excluding tert-OH is 1. The lowest BCUT2D eigenvalue weighted by molar-refractivity contribution is 0.0464. The van der Waals surface area contributed by atoms with Gasteiger partial charge in [-0.2, -0.15) is 0 Å². The molecule has 0 aromatic heterocycles. The molecule has 0 amide bonds. The summed E-state index contributed by atoms with van der Waals surface area (Å²) in [5, 5.41) is 10.3. The van der Waals surface area contributed by atoms with Gasteiger partial charge in [0.2, 0.25) is 0 Å². The number of β-amino-alcohol motifs (C(OH)–C–C–N with tert-alkyl or cyclic N) is 1. The molecule has 1 heterocycles. The van der Waals surface area contributed by atoms with Crippen LogP contribution in [0.1, 0.15) is 12.5 Å². The number of hydrogen-bond acceptors (Lipinski definition) is 5. The summed E-state index contributed by atoms with van der Waals surface area (Å²) in [6, 6.07) is 5.84. The van der Waals surface area contributed by atoms with Crippen molar-refractivity contribution < 1.29 is 14.6 Å². The third-order valence-electron chi connectivity index (χ3n) is 4.42. The summed E-state index contributed by atoms with van der Waals surface area (Å²) in [4.78, 5) is 4.72. The molecule has 1 saturated heterocycles. The molecule has 26 heavy (non-hydrogen) atoms. The molecule has 5 nitrogen and oxygen atoms in total. The molecule has 2 rings (SSSR count). The van der Waals surface area contributed by atoms with Crippen molar-refractivity contribution in [3.63, 3.8) is 0 Å². The highest BCUT2D eigenvalue weighted by atomic mass is 35.5. The van der Waals surface area contributed by atoms with Crippen LogP contribution in [0.2, 0.25) is 0 Å². The number of aliphatic hydroxyl groups is 1. The van der Waals surface area contributed by atoms with Crippen molar-refractivity contribution >= 4 is 24.8 Å². The molecular formula is C19H32Cl2N2O3. The number of nitrogens with zero attached hydrogens (tertiary/aromatic N) is 2. The minimum absolute atomic E-state index is 0. The SMILES string of the molecule is C=CCc1ccc(OCC(O)CN2CCN(CC)CC2)c(OC)c1.Cl.Cl. The Morgan fingerprint density at radius 2 is 1.81 bits per heavy atom. The molecule has 0 spiro atoms. The molecule has 1 atom stereocenters. The maximum absolute atomic E-state index is 10.3. The second-order valence-electron chi connectivity index (χ2n) is 6.18. The van der Waals surface area contributed by atoms with Crippen molar-refractivity contribution in [3.05, 3.63) is 36.4 Å². The first kappa shape index (κ1) is 25.0. The van der Waals surface area contributed by atoms with Gasteiger partial charge in [0.15, 0.2) is 11.5 Å². The number of rotatable bonds is 9. The van der Waals surface area contributed by atoms with Crippen LogP contribution in [-0.2, 0) is 6.42 Å². The standard InChI is InChI=1S/C19H30N2O3.2ClH/c1-4-6-16-7-8-18(19(13-16)23-3)24-15-17(22)14-21-11-9-20(5-2)10-12-21;;/h4,7-8,13,17,22H,1,5-6,9-12,14-15H2,2-3H3;2*1H. The van der Waals surface area contributed by atoms with E-state index in [1.807, 2.05) is 24.3 Å². The van der Waals surface area contributed by atoms with Gasteiger partial charge in [0, 0.05) is 32.7 Å². The van der Waals surface area contributed by atoms with E-state index in [0.717, 1.165) is 44.7 Å². The zero-order valence-electron chi connectivity index (χ0n) is 15.7. The highest BCUT2D eigenvalue weighted by molar-refractivity contribution is 5.85. The maximum atomic E-state index is 10.3. The molecule has 1 unspecified atom stereocenters. The summed E-state index contributed by atoms with van der Waals surface area (Å²) in [5.74, 6) is 1.36.